The average Bonchev–Trinajstić information content (AvgIpc) is 2.05. The Balaban J connectivity index is 3.03. The molecule has 0 aliphatic rings. The molecule has 0 saturated carbocycles. The van der Waals surface area contributed by atoms with E-state index in [-0.39, 0.29) is 5.68 Å². The van der Waals surface area contributed by atoms with Crippen molar-refractivity contribution in [1.82, 2.24) is 0 Å². The molecule has 0 amide bonds. The third kappa shape index (κ3) is 7.80. The van der Waals surface area contributed by atoms with Crippen LogP contribution in [0.4, 0.5) is 0 Å². The lowest BCUT2D eigenvalue weighted by atomic mass is 9.90. The highest BCUT2D eigenvalue weighted by atomic mass is 16.4. The fourth-order valence-corrected chi connectivity index (χ4v) is 0.991. The minimum absolute atomic E-state index is 0.231. The first-order chi connectivity index (χ1) is 5.81. The van der Waals surface area contributed by atoms with Gasteiger partial charge >= 0.3 is 7.48 Å². The van der Waals surface area contributed by atoms with Crippen LogP contribution in [-0.4, -0.2) is 19.8 Å². The molecule has 0 aromatic rings. The summed E-state index contributed by atoms with van der Waals surface area (Å²) in [5, 5.41) is 0. The first kappa shape index (κ1) is 11.7. The molecule has 0 atom stereocenters. The second-order valence-electron chi connectivity index (χ2n) is 3.05. The Morgan fingerprint density at radius 2 is 2.00 bits per heavy atom. The van der Waals surface area contributed by atoms with Crippen molar-refractivity contribution in [3.8, 4) is 0 Å². The van der Waals surface area contributed by atoms with Gasteiger partial charge in [-0.3, -0.25) is 0 Å². The molecule has 0 rings (SSSR count). The van der Waals surface area contributed by atoms with E-state index in [4.69, 9.17) is 4.65 Å². The molecule has 0 unspecified atom stereocenters. The summed E-state index contributed by atoms with van der Waals surface area (Å²) in [5.41, 5.74) is 0.231. The molecule has 0 radical (unpaired) electrons. The molecular weight excluding hydrogens is 151 g/mol. The van der Waals surface area contributed by atoms with E-state index in [9.17, 15) is 4.79 Å². The van der Waals surface area contributed by atoms with E-state index in [1.807, 2.05) is 6.92 Å². The van der Waals surface area contributed by atoms with Gasteiger partial charge in [-0.2, -0.15) is 0 Å². The summed E-state index contributed by atoms with van der Waals surface area (Å²) in [5.74, 6) is 0. The highest BCUT2D eigenvalue weighted by molar-refractivity contribution is 6.68. The van der Waals surface area contributed by atoms with E-state index in [0.29, 0.717) is 13.9 Å². The van der Waals surface area contributed by atoms with Gasteiger partial charge in [-0.15, -0.1) is 0 Å². The van der Waals surface area contributed by atoms with Crippen molar-refractivity contribution in [1.29, 1.82) is 0 Å². The molecule has 0 aliphatic carbocycles. The van der Waals surface area contributed by atoms with Gasteiger partial charge in [0.15, 0.2) is 0 Å². The molecule has 0 bridgehead atoms. The van der Waals surface area contributed by atoms with E-state index in [2.05, 4.69) is 6.92 Å². The van der Waals surface area contributed by atoms with Gasteiger partial charge in [-0.05, 0) is 19.3 Å². The smallest absolute Gasteiger partial charge is 0.350 e. The van der Waals surface area contributed by atoms with Crippen LogP contribution in [0.5, 0.6) is 0 Å². The molecule has 0 N–H and O–H groups in total. The summed E-state index contributed by atoms with van der Waals surface area (Å²) in [6.07, 6.45) is 5.06. The lowest BCUT2D eigenvalue weighted by molar-refractivity contribution is -0.112. The van der Waals surface area contributed by atoms with Crippen LogP contribution in [0.25, 0.3) is 0 Å². The summed E-state index contributed by atoms with van der Waals surface area (Å²) in [6, 6.07) is 0. The van der Waals surface area contributed by atoms with Crippen LogP contribution in [0, 0.1) is 0 Å². The molecule has 0 saturated heterocycles. The van der Waals surface area contributed by atoms with Gasteiger partial charge in [0.2, 0.25) is 0 Å². The molecule has 70 valence electrons. The van der Waals surface area contributed by atoms with Crippen LogP contribution in [0.1, 0.15) is 46.0 Å². The van der Waals surface area contributed by atoms with Crippen LogP contribution < -0.4 is 0 Å². The standard InChI is InChI=1S/C9H19BO2/c1-3-5-6-8-12-10-9(11)7-4-2/h10H,3-8H2,1-2H3. The molecule has 0 aromatic carbocycles. The first-order valence-electron chi connectivity index (χ1n) is 4.90. The quantitative estimate of drug-likeness (QED) is 0.410. The zero-order valence-corrected chi connectivity index (χ0v) is 8.27. The van der Waals surface area contributed by atoms with Crippen molar-refractivity contribution in [3.63, 3.8) is 0 Å². The van der Waals surface area contributed by atoms with Crippen molar-refractivity contribution in [2.24, 2.45) is 0 Å². The van der Waals surface area contributed by atoms with E-state index in [1.54, 1.807) is 0 Å². The summed E-state index contributed by atoms with van der Waals surface area (Å²) in [7, 11) is 0.317. The summed E-state index contributed by atoms with van der Waals surface area (Å²) >= 11 is 0. The molecule has 12 heavy (non-hydrogen) atoms. The van der Waals surface area contributed by atoms with Crippen LogP contribution in [0.2, 0.25) is 0 Å². The first-order valence-corrected chi connectivity index (χ1v) is 4.90. The highest BCUT2D eigenvalue weighted by Crippen LogP contribution is 1.94. The zero-order valence-electron chi connectivity index (χ0n) is 8.27. The Hall–Kier alpha value is -0.305. The summed E-state index contributed by atoms with van der Waals surface area (Å²) < 4.78 is 5.20. The second-order valence-corrected chi connectivity index (χ2v) is 3.05. The Kier molecular flexibility index (Phi) is 8.57. The molecule has 2 nitrogen and oxygen atoms in total. The maximum Gasteiger partial charge on any atom is 0.350 e. The van der Waals surface area contributed by atoms with Crippen molar-refractivity contribution in [3.05, 3.63) is 0 Å². The maximum absolute atomic E-state index is 11.0. The average molecular weight is 170 g/mol. The zero-order chi connectivity index (χ0) is 9.23. The second kappa shape index (κ2) is 8.79. The van der Waals surface area contributed by atoms with E-state index in [0.717, 1.165) is 19.4 Å². The third-order valence-electron chi connectivity index (χ3n) is 1.68. The van der Waals surface area contributed by atoms with Crippen molar-refractivity contribution in [2.75, 3.05) is 6.61 Å². The predicted octanol–water partition coefficient (Wildman–Crippen LogP) is 1.87. The largest absolute Gasteiger partial charge is 0.431 e. The lowest BCUT2D eigenvalue weighted by Gasteiger charge is -2.00. The van der Waals surface area contributed by atoms with Crippen molar-refractivity contribution in [2.45, 2.75) is 46.0 Å². The highest BCUT2D eigenvalue weighted by Gasteiger charge is 2.02. The minimum atomic E-state index is 0.231. The fraction of sp³-hybridized carbons (Fsp3) is 0.889. The maximum atomic E-state index is 11.0. The van der Waals surface area contributed by atoms with E-state index >= 15 is 0 Å². The molecular formula is C9H19BO2. The number of carbonyl (C=O) groups is 1. The molecule has 0 spiro atoms. The molecule has 0 fully saturated rings. The fourth-order valence-electron chi connectivity index (χ4n) is 0.991. The number of hydrogen-bond acceptors (Lipinski definition) is 2. The summed E-state index contributed by atoms with van der Waals surface area (Å²) in [4.78, 5) is 11.0. The number of hydrogen-bond donors (Lipinski definition) is 0. The predicted molar refractivity (Wildman–Crippen MR) is 52.5 cm³/mol. The van der Waals surface area contributed by atoms with Crippen molar-refractivity contribution < 1.29 is 9.45 Å². The lowest BCUT2D eigenvalue weighted by Crippen LogP contribution is -2.13. The Bertz CT molecular complexity index is 115. The molecule has 3 heteroatoms. The third-order valence-corrected chi connectivity index (χ3v) is 1.68. The van der Waals surface area contributed by atoms with Crippen molar-refractivity contribution >= 4 is 13.2 Å². The number of unbranched alkanes of at least 4 members (excludes halogenated alkanes) is 2. The van der Waals surface area contributed by atoms with E-state index < -0.39 is 0 Å². The van der Waals surface area contributed by atoms with Crippen LogP contribution in [-0.2, 0) is 9.45 Å². The van der Waals surface area contributed by atoms with E-state index in [1.165, 1.54) is 12.8 Å². The Morgan fingerprint density at radius 3 is 2.58 bits per heavy atom. The van der Waals surface area contributed by atoms with Gasteiger partial charge in [-0.25, -0.2) is 0 Å². The van der Waals surface area contributed by atoms with Gasteiger partial charge in [0.1, 0.15) is 5.68 Å². The molecule has 0 aliphatic heterocycles. The van der Waals surface area contributed by atoms with Gasteiger partial charge in [0.25, 0.3) is 0 Å². The van der Waals surface area contributed by atoms with Gasteiger partial charge in [-0.1, -0.05) is 26.7 Å². The van der Waals surface area contributed by atoms with Crippen LogP contribution in [0.3, 0.4) is 0 Å². The SMILES string of the molecule is CCCCCOBC(=O)CCC. The number of rotatable bonds is 8. The van der Waals surface area contributed by atoms with Crippen LogP contribution in [0.15, 0.2) is 0 Å². The Labute approximate surface area is 76.0 Å². The van der Waals surface area contributed by atoms with Gasteiger partial charge < -0.3 is 9.45 Å². The normalized spacial score (nSPS) is 9.83. The molecule has 0 heterocycles. The van der Waals surface area contributed by atoms with Crippen LogP contribution >= 0.6 is 0 Å². The topological polar surface area (TPSA) is 26.3 Å². The monoisotopic (exact) mass is 170 g/mol. The Morgan fingerprint density at radius 1 is 1.25 bits per heavy atom. The number of carbonyl (C=O) groups excluding carboxylic acids is 1. The van der Waals surface area contributed by atoms with Gasteiger partial charge in [0, 0.05) is 6.61 Å². The summed E-state index contributed by atoms with van der Waals surface area (Å²) in [6.45, 7) is 4.90. The minimum Gasteiger partial charge on any atom is -0.431 e. The molecule has 0 aromatic heterocycles. The van der Waals surface area contributed by atoms with Gasteiger partial charge in [0.05, 0.1) is 0 Å².